The number of hydrogen-bond donors (Lipinski definition) is 1. The Balaban J connectivity index is 2.16. The van der Waals surface area contributed by atoms with Crippen LogP contribution < -0.4 is 0 Å². The summed E-state index contributed by atoms with van der Waals surface area (Å²) in [4.78, 5) is 0. The molecule has 2 heterocycles. The molecule has 2 rings (SSSR count). The normalized spacial score (nSPS) is 50.7. The summed E-state index contributed by atoms with van der Waals surface area (Å²) in [6.45, 7) is 2.34. The lowest BCUT2D eigenvalue weighted by molar-refractivity contribution is 0.407. The SMILES string of the molecule is C[C@H]1CC2CCC1N2S. The first-order valence-electron chi connectivity index (χ1n) is 3.76. The first-order valence-corrected chi connectivity index (χ1v) is 4.16. The number of hydrogen-bond acceptors (Lipinski definition) is 2. The third kappa shape index (κ3) is 0.729. The van der Waals surface area contributed by atoms with Gasteiger partial charge in [-0.15, -0.1) is 0 Å². The first-order chi connectivity index (χ1) is 4.29. The molecule has 0 aromatic carbocycles. The van der Waals surface area contributed by atoms with E-state index in [0.717, 1.165) is 18.0 Å². The quantitative estimate of drug-likeness (QED) is 0.505. The van der Waals surface area contributed by atoms with Crippen molar-refractivity contribution in [2.45, 2.75) is 38.3 Å². The number of rotatable bonds is 0. The van der Waals surface area contributed by atoms with Crippen LogP contribution in [0, 0.1) is 5.92 Å². The maximum absolute atomic E-state index is 4.44. The van der Waals surface area contributed by atoms with E-state index in [1.165, 1.54) is 19.3 Å². The second-order valence-electron chi connectivity index (χ2n) is 3.39. The van der Waals surface area contributed by atoms with Crippen LogP contribution in [0.15, 0.2) is 0 Å². The molecular formula is C7H13NS. The number of fused-ring (bicyclic) bond motifs is 2. The van der Waals surface area contributed by atoms with Crippen LogP contribution in [0.4, 0.5) is 0 Å². The van der Waals surface area contributed by atoms with E-state index < -0.39 is 0 Å². The van der Waals surface area contributed by atoms with Crippen LogP contribution in [-0.2, 0) is 0 Å². The zero-order chi connectivity index (χ0) is 6.43. The topological polar surface area (TPSA) is 3.24 Å². The Labute approximate surface area is 62.0 Å². The molecule has 0 aromatic heterocycles. The summed E-state index contributed by atoms with van der Waals surface area (Å²) >= 11 is 4.44. The molecule has 0 aliphatic carbocycles. The van der Waals surface area contributed by atoms with Gasteiger partial charge < -0.3 is 0 Å². The van der Waals surface area contributed by atoms with Gasteiger partial charge in [0.05, 0.1) is 0 Å². The highest BCUT2D eigenvalue weighted by molar-refractivity contribution is 7.77. The second-order valence-corrected chi connectivity index (χ2v) is 3.85. The molecule has 0 amide bonds. The molecule has 0 spiro atoms. The zero-order valence-electron chi connectivity index (χ0n) is 5.75. The van der Waals surface area contributed by atoms with Gasteiger partial charge >= 0.3 is 0 Å². The summed E-state index contributed by atoms with van der Waals surface area (Å²) in [6, 6.07) is 1.62. The monoisotopic (exact) mass is 143 g/mol. The van der Waals surface area contributed by atoms with Crippen LogP contribution in [0.5, 0.6) is 0 Å². The van der Waals surface area contributed by atoms with Crippen molar-refractivity contribution < 1.29 is 0 Å². The highest BCUT2D eigenvalue weighted by Gasteiger charge is 2.42. The van der Waals surface area contributed by atoms with Crippen LogP contribution in [0.3, 0.4) is 0 Å². The van der Waals surface area contributed by atoms with Crippen molar-refractivity contribution in [3.8, 4) is 0 Å². The van der Waals surface area contributed by atoms with Crippen molar-refractivity contribution in [1.82, 2.24) is 4.31 Å². The van der Waals surface area contributed by atoms with E-state index in [1.807, 2.05) is 0 Å². The van der Waals surface area contributed by atoms with Crippen molar-refractivity contribution in [3.63, 3.8) is 0 Å². The van der Waals surface area contributed by atoms with Crippen molar-refractivity contribution >= 4 is 12.8 Å². The van der Waals surface area contributed by atoms with E-state index >= 15 is 0 Å². The Morgan fingerprint density at radius 1 is 1.44 bits per heavy atom. The standard InChI is InChI=1S/C7H13NS/c1-5-4-6-2-3-7(5)8(6)9/h5-7,9H,2-4H2,1H3/t5-,6?,7?/m0/s1. The van der Waals surface area contributed by atoms with Gasteiger partial charge in [0.15, 0.2) is 0 Å². The summed E-state index contributed by atoms with van der Waals surface area (Å²) in [5.41, 5.74) is 0. The molecule has 52 valence electrons. The van der Waals surface area contributed by atoms with E-state index in [9.17, 15) is 0 Å². The molecule has 2 heteroatoms. The van der Waals surface area contributed by atoms with E-state index in [0.29, 0.717) is 0 Å². The molecule has 2 bridgehead atoms. The molecular weight excluding hydrogens is 130 g/mol. The average Bonchev–Trinajstić information content (AvgIpc) is 2.25. The third-order valence-electron chi connectivity index (χ3n) is 2.81. The van der Waals surface area contributed by atoms with Crippen LogP contribution in [0.25, 0.3) is 0 Å². The van der Waals surface area contributed by atoms with Gasteiger partial charge in [0.1, 0.15) is 0 Å². The Hall–Kier alpha value is 0.310. The number of thiol groups is 1. The minimum absolute atomic E-state index is 0.804. The van der Waals surface area contributed by atoms with E-state index in [4.69, 9.17) is 0 Å². The van der Waals surface area contributed by atoms with E-state index in [2.05, 4.69) is 24.0 Å². The predicted octanol–water partition coefficient (Wildman–Crippen LogP) is 1.70. The van der Waals surface area contributed by atoms with E-state index in [-0.39, 0.29) is 0 Å². The molecule has 3 atom stereocenters. The molecule has 9 heavy (non-hydrogen) atoms. The van der Waals surface area contributed by atoms with Crippen LogP contribution in [0.1, 0.15) is 26.2 Å². The summed E-state index contributed by atoms with van der Waals surface area (Å²) in [5, 5.41) is 0. The van der Waals surface area contributed by atoms with Crippen molar-refractivity contribution in [2.24, 2.45) is 5.92 Å². The summed E-state index contributed by atoms with van der Waals surface area (Å²) in [6.07, 6.45) is 4.15. The maximum Gasteiger partial charge on any atom is 0.0230 e. The smallest absolute Gasteiger partial charge is 0.0230 e. The van der Waals surface area contributed by atoms with Crippen molar-refractivity contribution in [1.29, 1.82) is 0 Å². The second kappa shape index (κ2) is 1.89. The minimum Gasteiger partial charge on any atom is -0.247 e. The molecule has 0 aromatic rings. The molecule has 2 saturated heterocycles. The van der Waals surface area contributed by atoms with Gasteiger partial charge in [-0.1, -0.05) is 19.7 Å². The van der Waals surface area contributed by atoms with Crippen molar-refractivity contribution in [2.75, 3.05) is 0 Å². The highest BCUT2D eigenvalue weighted by atomic mass is 32.1. The molecule has 2 aliphatic rings. The fourth-order valence-electron chi connectivity index (χ4n) is 2.26. The fraction of sp³-hybridized carbons (Fsp3) is 1.00. The lowest BCUT2D eigenvalue weighted by Gasteiger charge is -2.15. The van der Waals surface area contributed by atoms with Gasteiger partial charge in [0, 0.05) is 12.1 Å². The minimum atomic E-state index is 0.804. The predicted molar refractivity (Wildman–Crippen MR) is 41.4 cm³/mol. The molecule has 0 saturated carbocycles. The van der Waals surface area contributed by atoms with Gasteiger partial charge in [-0.3, -0.25) is 0 Å². The maximum atomic E-state index is 4.44. The van der Waals surface area contributed by atoms with Crippen LogP contribution in [0.2, 0.25) is 0 Å². The highest BCUT2D eigenvalue weighted by Crippen LogP contribution is 2.42. The van der Waals surface area contributed by atoms with Gasteiger partial charge in [-0.05, 0) is 25.2 Å². The van der Waals surface area contributed by atoms with Gasteiger partial charge in [0.2, 0.25) is 0 Å². The fourth-order valence-corrected chi connectivity index (χ4v) is 2.81. The van der Waals surface area contributed by atoms with Crippen LogP contribution in [-0.4, -0.2) is 16.4 Å². The summed E-state index contributed by atoms with van der Waals surface area (Å²) in [7, 11) is 0. The molecule has 0 N–H and O–H groups in total. The van der Waals surface area contributed by atoms with E-state index in [1.54, 1.807) is 0 Å². The van der Waals surface area contributed by atoms with Gasteiger partial charge in [-0.25, -0.2) is 4.31 Å². The summed E-state index contributed by atoms with van der Waals surface area (Å²) < 4.78 is 2.27. The Morgan fingerprint density at radius 2 is 2.22 bits per heavy atom. The Bertz CT molecular complexity index is 126. The number of nitrogens with zero attached hydrogens (tertiary/aromatic N) is 1. The Morgan fingerprint density at radius 3 is 2.44 bits per heavy atom. The lowest BCUT2D eigenvalue weighted by Crippen LogP contribution is -2.19. The van der Waals surface area contributed by atoms with Gasteiger partial charge in [0.25, 0.3) is 0 Å². The molecule has 0 radical (unpaired) electrons. The molecule has 1 nitrogen and oxygen atoms in total. The largest absolute Gasteiger partial charge is 0.247 e. The third-order valence-corrected chi connectivity index (χ3v) is 3.43. The molecule has 2 unspecified atom stereocenters. The molecule has 2 aliphatic heterocycles. The lowest BCUT2D eigenvalue weighted by atomic mass is 9.91. The average molecular weight is 143 g/mol. The van der Waals surface area contributed by atoms with Gasteiger partial charge in [-0.2, -0.15) is 0 Å². The first kappa shape index (κ1) is 6.05. The van der Waals surface area contributed by atoms with Crippen molar-refractivity contribution in [3.05, 3.63) is 0 Å². The molecule has 2 fully saturated rings. The summed E-state index contributed by atoms with van der Waals surface area (Å²) in [5.74, 6) is 0.904. The zero-order valence-corrected chi connectivity index (χ0v) is 6.64. The van der Waals surface area contributed by atoms with Crippen LogP contribution >= 0.6 is 12.8 Å². The Kier molecular flexibility index (Phi) is 1.27.